The highest BCUT2D eigenvalue weighted by atomic mass is 35.5. The molecule has 0 unspecified atom stereocenters. The van der Waals surface area contributed by atoms with E-state index in [2.05, 4.69) is 59.5 Å². The Hall–Kier alpha value is -2.88. The predicted molar refractivity (Wildman–Crippen MR) is 113 cm³/mol. The van der Waals surface area contributed by atoms with Crippen molar-refractivity contribution in [3.63, 3.8) is 0 Å². The van der Waals surface area contributed by atoms with E-state index in [9.17, 15) is 0 Å². The molecule has 0 N–H and O–H groups in total. The van der Waals surface area contributed by atoms with Crippen molar-refractivity contribution in [3.8, 4) is 16.8 Å². The molecule has 3 nitrogen and oxygen atoms in total. The Morgan fingerprint density at radius 1 is 0.750 bits per heavy atom. The molecule has 0 atom stereocenters. The fourth-order valence-corrected chi connectivity index (χ4v) is 4.03. The summed E-state index contributed by atoms with van der Waals surface area (Å²) in [5.41, 5.74) is 7.49. The van der Waals surface area contributed by atoms with E-state index < -0.39 is 0 Å². The zero-order valence-electron chi connectivity index (χ0n) is 15.4. The Balaban J connectivity index is 1.43. The Labute approximate surface area is 169 Å². The van der Waals surface area contributed by atoms with Crippen LogP contribution in [0.15, 0.2) is 85.1 Å². The van der Waals surface area contributed by atoms with Crippen molar-refractivity contribution in [3.05, 3.63) is 107 Å². The van der Waals surface area contributed by atoms with E-state index >= 15 is 0 Å². The lowest BCUT2D eigenvalue weighted by atomic mass is 9.97. The van der Waals surface area contributed by atoms with Crippen LogP contribution in [0.5, 0.6) is 0 Å². The molecule has 0 spiro atoms. The summed E-state index contributed by atoms with van der Waals surface area (Å²) in [5.74, 6) is 0. The molecule has 1 aromatic heterocycles. The Morgan fingerprint density at radius 2 is 1.36 bits per heavy atom. The fraction of sp³-hybridized carbons (Fsp3) is 0.125. The van der Waals surface area contributed by atoms with E-state index in [1.54, 1.807) is 0 Å². The number of aromatic nitrogens is 2. The van der Waals surface area contributed by atoms with Gasteiger partial charge in [0.15, 0.2) is 0 Å². The van der Waals surface area contributed by atoms with E-state index in [4.69, 9.17) is 16.7 Å². The molecule has 4 heteroatoms. The number of hydrogen-bond donors (Lipinski definition) is 0. The molecule has 0 saturated carbocycles. The van der Waals surface area contributed by atoms with E-state index in [0.717, 1.165) is 36.0 Å². The number of rotatable bonds is 3. The second-order valence-corrected chi connectivity index (χ2v) is 7.62. The first-order chi connectivity index (χ1) is 13.8. The molecule has 4 aromatic rings. The van der Waals surface area contributed by atoms with Gasteiger partial charge in [-0.1, -0.05) is 60.1 Å². The third kappa shape index (κ3) is 3.35. The quantitative estimate of drug-likeness (QED) is 0.450. The molecule has 138 valence electrons. The van der Waals surface area contributed by atoms with E-state index in [-0.39, 0.29) is 0 Å². The van der Waals surface area contributed by atoms with Crippen molar-refractivity contribution in [2.75, 3.05) is 0 Å². The lowest BCUT2D eigenvalue weighted by Crippen LogP contribution is -2.21. The maximum atomic E-state index is 5.99. The van der Waals surface area contributed by atoms with Gasteiger partial charge >= 0.3 is 0 Å². The standard InChI is InChI=1S/C24H20ClN3/c25-20-9-11-22(12-10-20)28-14-13-21(26-28)17-27-15-18-5-1-3-7-23(18)24-8-4-2-6-19(24)16-27/h1-14H,15-17H2. The first-order valence-electron chi connectivity index (χ1n) is 9.45. The van der Waals surface area contributed by atoms with Crippen LogP contribution in [0.2, 0.25) is 5.02 Å². The van der Waals surface area contributed by atoms with Crippen LogP contribution in [-0.2, 0) is 19.6 Å². The van der Waals surface area contributed by atoms with E-state index in [0.29, 0.717) is 0 Å². The number of halogens is 1. The third-order valence-electron chi connectivity index (χ3n) is 5.23. The van der Waals surface area contributed by atoms with Gasteiger partial charge < -0.3 is 0 Å². The zero-order chi connectivity index (χ0) is 18.9. The highest BCUT2D eigenvalue weighted by molar-refractivity contribution is 6.30. The number of benzene rings is 3. The molecule has 0 saturated heterocycles. The number of fused-ring (bicyclic) bond motifs is 3. The first kappa shape index (κ1) is 17.2. The van der Waals surface area contributed by atoms with Crippen molar-refractivity contribution in [1.82, 2.24) is 14.7 Å². The summed E-state index contributed by atoms with van der Waals surface area (Å²) in [4.78, 5) is 2.46. The molecular weight excluding hydrogens is 366 g/mol. The van der Waals surface area contributed by atoms with Crippen LogP contribution in [0.25, 0.3) is 16.8 Å². The van der Waals surface area contributed by atoms with Gasteiger partial charge in [0.25, 0.3) is 0 Å². The third-order valence-corrected chi connectivity index (χ3v) is 5.49. The van der Waals surface area contributed by atoms with Crippen molar-refractivity contribution in [2.24, 2.45) is 0 Å². The highest BCUT2D eigenvalue weighted by Gasteiger charge is 2.19. The second kappa shape index (κ2) is 7.27. The molecular formula is C24H20ClN3. The van der Waals surface area contributed by atoms with E-state index in [1.165, 1.54) is 22.3 Å². The first-order valence-corrected chi connectivity index (χ1v) is 9.83. The minimum absolute atomic E-state index is 0.734. The Kier molecular flexibility index (Phi) is 4.47. The van der Waals surface area contributed by atoms with Gasteiger partial charge in [0.1, 0.15) is 0 Å². The summed E-state index contributed by atoms with van der Waals surface area (Å²) in [5, 5.41) is 5.51. The minimum Gasteiger partial charge on any atom is -0.289 e. The lowest BCUT2D eigenvalue weighted by Gasteiger charge is -2.19. The summed E-state index contributed by atoms with van der Waals surface area (Å²) in [6, 6.07) is 27.3. The van der Waals surface area contributed by atoms with Crippen LogP contribution in [-0.4, -0.2) is 14.7 Å². The van der Waals surface area contributed by atoms with Crippen LogP contribution in [0, 0.1) is 0 Å². The average Bonchev–Trinajstić information content (AvgIpc) is 3.11. The molecule has 0 fully saturated rings. The van der Waals surface area contributed by atoms with Crippen LogP contribution in [0.1, 0.15) is 16.8 Å². The van der Waals surface area contributed by atoms with Gasteiger partial charge in [0, 0.05) is 30.9 Å². The highest BCUT2D eigenvalue weighted by Crippen LogP contribution is 2.32. The van der Waals surface area contributed by atoms with Gasteiger partial charge in [-0.15, -0.1) is 0 Å². The van der Waals surface area contributed by atoms with Crippen LogP contribution in [0.3, 0.4) is 0 Å². The normalized spacial score (nSPS) is 13.6. The summed E-state index contributed by atoms with van der Waals surface area (Å²) in [6.07, 6.45) is 2.01. The zero-order valence-corrected chi connectivity index (χ0v) is 16.2. The van der Waals surface area contributed by atoms with Crippen LogP contribution in [0.4, 0.5) is 0 Å². The molecule has 28 heavy (non-hydrogen) atoms. The molecule has 0 aliphatic carbocycles. The van der Waals surface area contributed by atoms with Crippen molar-refractivity contribution in [2.45, 2.75) is 19.6 Å². The van der Waals surface area contributed by atoms with Crippen LogP contribution < -0.4 is 0 Å². The summed E-state index contributed by atoms with van der Waals surface area (Å²) in [6.45, 7) is 2.64. The summed E-state index contributed by atoms with van der Waals surface area (Å²) in [7, 11) is 0. The molecule has 0 amide bonds. The molecule has 0 bridgehead atoms. The molecule has 1 aliphatic heterocycles. The SMILES string of the molecule is Clc1ccc(-n2ccc(CN3Cc4ccccc4-c4ccccc4C3)n2)cc1. The van der Waals surface area contributed by atoms with Crippen molar-refractivity contribution in [1.29, 1.82) is 0 Å². The molecule has 5 rings (SSSR count). The molecule has 0 radical (unpaired) electrons. The van der Waals surface area contributed by atoms with Crippen molar-refractivity contribution >= 4 is 11.6 Å². The Morgan fingerprint density at radius 3 is 2.00 bits per heavy atom. The summed E-state index contributed by atoms with van der Waals surface area (Å²) < 4.78 is 1.91. The maximum absolute atomic E-state index is 5.99. The van der Waals surface area contributed by atoms with Gasteiger partial charge in [-0.3, -0.25) is 4.90 Å². The molecule has 1 aliphatic rings. The second-order valence-electron chi connectivity index (χ2n) is 7.19. The number of nitrogens with zero attached hydrogens (tertiary/aromatic N) is 3. The molecule has 2 heterocycles. The Bertz CT molecular complexity index is 1070. The van der Waals surface area contributed by atoms with Gasteiger partial charge in [-0.05, 0) is 52.6 Å². The molecule has 3 aromatic carbocycles. The average molecular weight is 386 g/mol. The lowest BCUT2D eigenvalue weighted by molar-refractivity contribution is 0.247. The number of hydrogen-bond acceptors (Lipinski definition) is 2. The van der Waals surface area contributed by atoms with Gasteiger partial charge in [0.2, 0.25) is 0 Å². The maximum Gasteiger partial charge on any atom is 0.0769 e. The van der Waals surface area contributed by atoms with Gasteiger partial charge in [-0.2, -0.15) is 5.10 Å². The predicted octanol–water partition coefficient (Wildman–Crippen LogP) is 5.71. The topological polar surface area (TPSA) is 21.1 Å². The largest absolute Gasteiger partial charge is 0.289 e. The fourth-order valence-electron chi connectivity index (χ4n) is 3.90. The van der Waals surface area contributed by atoms with Gasteiger partial charge in [0.05, 0.1) is 11.4 Å². The monoisotopic (exact) mass is 385 g/mol. The van der Waals surface area contributed by atoms with Crippen LogP contribution >= 0.6 is 11.6 Å². The summed E-state index contributed by atoms with van der Waals surface area (Å²) >= 11 is 5.99. The minimum atomic E-state index is 0.734. The van der Waals surface area contributed by atoms with E-state index in [1.807, 2.05) is 35.1 Å². The van der Waals surface area contributed by atoms with Gasteiger partial charge in [-0.25, -0.2) is 4.68 Å². The smallest absolute Gasteiger partial charge is 0.0769 e. The van der Waals surface area contributed by atoms with Crippen molar-refractivity contribution < 1.29 is 0 Å².